The number of carbonyl (C=O) groups is 2. The van der Waals surface area contributed by atoms with Gasteiger partial charge in [-0.3, -0.25) is 4.79 Å². The highest BCUT2D eigenvalue weighted by molar-refractivity contribution is 14.1. The Balaban J connectivity index is 2.81. The van der Waals surface area contributed by atoms with E-state index in [1.807, 2.05) is 45.0 Å². The van der Waals surface area contributed by atoms with Gasteiger partial charge in [0.2, 0.25) is 0 Å². The molecule has 0 aliphatic carbocycles. The van der Waals surface area contributed by atoms with Crippen molar-refractivity contribution in [3.8, 4) is 0 Å². The van der Waals surface area contributed by atoms with E-state index in [0.717, 1.165) is 34.7 Å². The maximum Gasteiger partial charge on any atom is 0.315 e. The van der Waals surface area contributed by atoms with E-state index < -0.39 is 5.41 Å². The van der Waals surface area contributed by atoms with E-state index >= 15 is 0 Å². The number of carbonyl (C=O) groups excluding carboxylic acids is 2. The van der Waals surface area contributed by atoms with Crippen LogP contribution in [0.1, 0.15) is 52.0 Å². The molecule has 1 aromatic rings. The van der Waals surface area contributed by atoms with Crippen LogP contribution in [0.25, 0.3) is 0 Å². The third kappa shape index (κ3) is 5.07. The molecule has 0 saturated heterocycles. The summed E-state index contributed by atoms with van der Waals surface area (Å²) in [4.78, 5) is 23.3. The van der Waals surface area contributed by atoms with Gasteiger partial charge in [0.05, 0.1) is 12.5 Å². The van der Waals surface area contributed by atoms with Gasteiger partial charge >= 0.3 is 5.97 Å². The number of unbranched alkanes of at least 4 members (excludes halogenated alkanes) is 1. The lowest BCUT2D eigenvalue weighted by Crippen LogP contribution is -2.34. The molecular formula is C18H25IO3. The van der Waals surface area contributed by atoms with E-state index in [2.05, 4.69) is 22.6 Å². The molecule has 0 saturated carbocycles. The molecule has 0 aliphatic rings. The van der Waals surface area contributed by atoms with E-state index in [9.17, 15) is 9.59 Å². The predicted octanol–water partition coefficient (Wildman–Crippen LogP) is 4.51. The quantitative estimate of drug-likeness (QED) is 0.271. The van der Waals surface area contributed by atoms with Gasteiger partial charge in [-0.25, -0.2) is 0 Å². The minimum absolute atomic E-state index is 0.204. The normalized spacial score (nSPS) is 14.2. The van der Waals surface area contributed by atoms with Crippen LogP contribution in [0.4, 0.5) is 0 Å². The third-order valence-corrected chi connectivity index (χ3v) is 4.84. The van der Waals surface area contributed by atoms with Gasteiger partial charge in [0.25, 0.3) is 0 Å². The molecule has 0 spiro atoms. The summed E-state index contributed by atoms with van der Waals surface area (Å²) < 4.78 is 6.14. The summed E-state index contributed by atoms with van der Waals surface area (Å²) in [6, 6.07) is 7.99. The Bertz CT molecular complexity index is 525. The zero-order valence-corrected chi connectivity index (χ0v) is 16.0. The summed E-state index contributed by atoms with van der Waals surface area (Å²) in [5.41, 5.74) is 0.0614. The molecule has 0 aromatic heterocycles. The Hall–Kier alpha value is -0.910. The van der Waals surface area contributed by atoms with Gasteiger partial charge < -0.3 is 9.53 Å². The van der Waals surface area contributed by atoms with Crippen molar-refractivity contribution in [1.29, 1.82) is 0 Å². The van der Waals surface area contributed by atoms with Gasteiger partial charge in [0.1, 0.15) is 6.29 Å². The summed E-state index contributed by atoms with van der Waals surface area (Å²) >= 11 is 2.25. The molecule has 4 heteroatoms. The summed E-state index contributed by atoms with van der Waals surface area (Å²) in [6.07, 6.45) is 4.36. The summed E-state index contributed by atoms with van der Waals surface area (Å²) in [6.45, 7) is 5.83. The zero-order valence-electron chi connectivity index (χ0n) is 13.8. The fourth-order valence-corrected chi connectivity index (χ4v) is 3.08. The molecule has 0 amide bonds. The molecule has 3 nitrogen and oxygen atoms in total. The van der Waals surface area contributed by atoms with Crippen molar-refractivity contribution in [3.63, 3.8) is 0 Å². The molecule has 22 heavy (non-hydrogen) atoms. The monoisotopic (exact) mass is 416 g/mol. The number of ether oxygens (including phenoxy) is 1. The minimum Gasteiger partial charge on any atom is -0.468 e. The molecule has 0 bridgehead atoms. The molecular weight excluding hydrogens is 391 g/mol. The molecule has 0 heterocycles. The zero-order chi connectivity index (χ0) is 16.8. The van der Waals surface area contributed by atoms with Crippen molar-refractivity contribution >= 4 is 34.8 Å². The number of esters is 1. The van der Waals surface area contributed by atoms with Crippen molar-refractivity contribution in [2.75, 3.05) is 7.11 Å². The summed E-state index contributed by atoms with van der Waals surface area (Å²) in [5.74, 6) is -0.204. The summed E-state index contributed by atoms with van der Waals surface area (Å²) in [5, 5.41) is 0. The molecule has 0 fully saturated rings. The first-order valence-electron chi connectivity index (χ1n) is 7.56. The molecule has 1 aromatic carbocycles. The van der Waals surface area contributed by atoms with Gasteiger partial charge in [0.15, 0.2) is 0 Å². The van der Waals surface area contributed by atoms with Crippen molar-refractivity contribution in [2.45, 2.75) is 51.9 Å². The van der Waals surface area contributed by atoms with Crippen LogP contribution in [0.15, 0.2) is 24.3 Å². The SMILES string of the molecule is COC(=O)C(C)(CCCCC(C)(C)C=O)c1cccc(I)c1. The topological polar surface area (TPSA) is 43.4 Å². The summed E-state index contributed by atoms with van der Waals surface area (Å²) in [7, 11) is 1.43. The Labute approximate surface area is 147 Å². The number of hydrogen-bond donors (Lipinski definition) is 0. The largest absolute Gasteiger partial charge is 0.468 e. The number of hydrogen-bond acceptors (Lipinski definition) is 3. The first kappa shape index (κ1) is 19.1. The fourth-order valence-electron chi connectivity index (χ4n) is 2.54. The van der Waals surface area contributed by atoms with Crippen LogP contribution in [-0.4, -0.2) is 19.4 Å². The standard InChI is InChI=1S/C18H25IO3/c1-17(2,13-20)10-5-6-11-18(3,16(21)22-4)14-8-7-9-15(19)12-14/h7-9,12-13H,5-6,10-11H2,1-4H3. The van der Waals surface area contributed by atoms with Crippen LogP contribution < -0.4 is 0 Å². The molecule has 122 valence electrons. The lowest BCUT2D eigenvalue weighted by atomic mass is 9.77. The van der Waals surface area contributed by atoms with E-state index in [0.29, 0.717) is 6.42 Å². The fraction of sp³-hybridized carbons (Fsp3) is 0.556. The van der Waals surface area contributed by atoms with Gasteiger partial charge in [-0.1, -0.05) is 38.8 Å². The Morgan fingerprint density at radius 2 is 1.86 bits per heavy atom. The third-order valence-electron chi connectivity index (χ3n) is 4.16. The molecule has 1 unspecified atom stereocenters. The van der Waals surface area contributed by atoms with Gasteiger partial charge in [0, 0.05) is 8.99 Å². The van der Waals surface area contributed by atoms with Crippen molar-refractivity contribution in [3.05, 3.63) is 33.4 Å². The van der Waals surface area contributed by atoms with Crippen molar-refractivity contribution < 1.29 is 14.3 Å². The second-order valence-corrected chi connectivity index (χ2v) is 7.89. The lowest BCUT2D eigenvalue weighted by Gasteiger charge is -2.28. The van der Waals surface area contributed by atoms with Crippen LogP contribution >= 0.6 is 22.6 Å². The average molecular weight is 416 g/mol. The number of halogens is 1. The second kappa shape index (κ2) is 8.09. The molecule has 0 N–H and O–H groups in total. The molecule has 1 rings (SSSR count). The Morgan fingerprint density at radius 3 is 2.41 bits per heavy atom. The van der Waals surface area contributed by atoms with Crippen molar-refractivity contribution in [2.24, 2.45) is 5.41 Å². The van der Waals surface area contributed by atoms with E-state index in [-0.39, 0.29) is 11.4 Å². The molecule has 0 radical (unpaired) electrons. The second-order valence-electron chi connectivity index (χ2n) is 6.65. The number of rotatable bonds is 8. The van der Waals surface area contributed by atoms with Crippen LogP contribution in [-0.2, 0) is 19.7 Å². The maximum absolute atomic E-state index is 12.3. The van der Waals surface area contributed by atoms with Crippen LogP contribution in [0, 0.1) is 8.99 Å². The highest BCUT2D eigenvalue weighted by Gasteiger charge is 2.36. The highest BCUT2D eigenvalue weighted by atomic mass is 127. The minimum atomic E-state index is -0.638. The van der Waals surface area contributed by atoms with Crippen LogP contribution in [0.2, 0.25) is 0 Å². The van der Waals surface area contributed by atoms with E-state index in [4.69, 9.17) is 4.74 Å². The number of methoxy groups -OCH3 is 1. The highest BCUT2D eigenvalue weighted by Crippen LogP contribution is 2.33. The molecule has 0 aliphatic heterocycles. The number of benzene rings is 1. The molecule has 1 atom stereocenters. The predicted molar refractivity (Wildman–Crippen MR) is 96.8 cm³/mol. The van der Waals surface area contributed by atoms with Gasteiger partial charge in [-0.2, -0.15) is 0 Å². The Morgan fingerprint density at radius 1 is 1.23 bits per heavy atom. The van der Waals surface area contributed by atoms with Gasteiger partial charge in [-0.15, -0.1) is 0 Å². The van der Waals surface area contributed by atoms with Crippen molar-refractivity contribution in [1.82, 2.24) is 0 Å². The van der Waals surface area contributed by atoms with Crippen LogP contribution in [0.5, 0.6) is 0 Å². The number of aldehydes is 1. The maximum atomic E-state index is 12.3. The van der Waals surface area contributed by atoms with Gasteiger partial charge in [-0.05, 0) is 60.1 Å². The van der Waals surface area contributed by atoms with E-state index in [1.165, 1.54) is 7.11 Å². The average Bonchev–Trinajstić information content (AvgIpc) is 2.50. The first-order chi connectivity index (χ1) is 10.2. The first-order valence-corrected chi connectivity index (χ1v) is 8.64. The Kier molecular flexibility index (Phi) is 7.03. The van der Waals surface area contributed by atoms with Crippen LogP contribution in [0.3, 0.4) is 0 Å². The lowest BCUT2D eigenvalue weighted by molar-refractivity contribution is -0.147. The smallest absolute Gasteiger partial charge is 0.315 e. The van der Waals surface area contributed by atoms with E-state index in [1.54, 1.807) is 0 Å².